The minimum absolute atomic E-state index is 0.0451. The fourth-order valence-electron chi connectivity index (χ4n) is 4.86. The van der Waals surface area contributed by atoms with Gasteiger partial charge in [0.05, 0.1) is 34.6 Å². The Morgan fingerprint density at radius 3 is 2.63 bits per heavy atom. The highest BCUT2D eigenvalue weighted by Crippen LogP contribution is 2.33. The van der Waals surface area contributed by atoms with Crippen molar-refractivity contribution in [2.24, 2.45) is 11.3 Å². The molecule has 0 spiro atoms. The number of hydrogen-bond acceptors (Lipinski definition) is 8. The molecule has 0 radical (unpaired) electrons. The van der Waals surface area contributed by atoms with Crippen LogP contribution in [0.3, 0.4) is 0 Å². The summed E-state index contributed by atoms with van der Waals surface area (Å²) >= 11 is 6.44. The molecule has 1 atom stereocenters. The van der Waals surface area contributed by atoms with Gasteiger partial charge in [-0.05, 0) is 56.9 Å². The van der Waals surface area contributed by atoms with Gasteiger partial charge >= 0.3 is 6.18 Å². The van der Waals surface area contributed by atoms with E-state index in [1.807, 2.05) is 6.07 Å². The van der Waals surface area contributed by atoms with E-state index in [-0.39, 0.29) is 12.6 Å². The standard InChI is InChI=1S/C26H31ClF3N5O3/c27-21-11-33-19(9-17-1-3-18(4-2-17)34-13-23(36)26(28,29)30)10-20(21)22-12-32-14-24(35-22)38-16-25(15-31)5-7-37-8-6-25/h10-12,14,17-18,23,34,36H,1-9,13,16H2/t17?,18?,23-/m0/s1. The minimum atomic E-state index is -4.61. The average Bonchev–Trinajstić information content (AvgIpc) is 2.92. The Labute approximate surface area is 224 Å². The van der Waals surface area contributed by atoms with E-state index < -0.39 is 24.2 Å². The zero-order valence-electron chi connectivity index (χ0n) is 20.9. The van der Waals surface area contributed by atoms with Gasteiger partial charge in [0.25, 0.3) is 0 Å². The normalized spacial score (nSPS) is 22.4. The second-order valence-electron chi connectivity index (χ2n) is 10.1. The van der Waals surface area contributed by atoms with Gasteiger partial charge in [-0.15, -0.1) is 0 Å². The van der Waals surface area contributed by atoms with Crippen LogP contribution in [0.15, 0.2) is 24.7 Å². The molecule has 206 valence electrons. The summed E-state index contributed by atoms with van der Waals surface area (Å²) < 4.78 is 48.8. The van der Waals surface area contributed by atoms with Crippen molar-refractivity contribution in [1.29, 1.82) is 5.26 Å². The number of alkyl halides is 3. The first-order chi connectivity index (χ1) is 18.2. The Kier molecular flexibility index (Phi) is 9.41. The zero-order chi connectivity index (χ0) is 27.2. The summed E-state index contributed by atoms with van der Waals surface area (Å²) in [4.78, 5) is 13.3. The van der Waals surface area contributed by atoms with Crippen molar-refractivity contribution >= 4 is 11.6 Å². The van der Waals surface area contributed by atoms with Crippen LogP contribution in [-0.2, 0) is 11.2 Å². The minimum Gasteiger partial charge on any atom is -0.475 e. The number of hydrogen-bond donors (Lipinski definition) is 2. The first-order valence-electron chi connectivity index (χ1n) is 12.7. The molecule has 2 N–H and O–H groups in total. The number of pyridine rings is 1. The Bertz CT molecular complexity index is 1120. The van der Waals surface area contributed by atoms with Crippen molar-refractivity contribution in [3.63, 3.8) is 0 Å². The van der Waals surface area contributed by atoms with Crippen molar-refractivity contribution in [1.82, 2.24) is 20.3 Å². The van der Waals surface area contributed by atoms with Crippen molar-refractivity contribution in [2.75, 3.05) is 26.4 Å². The van der Waals surface area contributed by atoms with Gasteiger partial charge in [-0.3, -0.25) is 9.97 Å². The molecule has 4 rings (SSSR count). The topological polar surface area (TPSA) is 113 Å². The quantitative estimate of drug-likeness (QED) is 0.466. The molecule has 0 unspecified atom stereocenters. The molecule has 1 saturated heterocycles. The summed E-state index contributed by atoms with van der Waals surface area (Å²) in [6.07, 6.45) is 2.78. The second-order valence-corrected chi connectivity index (χ2v) is 10.5. The van der Waals surface area contributed by atoms with Gasteiger partial charge < -0.3 is 19.9 Å². The van der Waals surface area contributed by atoms with Gasteiger partial charge in [0.15, 0.2) is 6.10 Å². The van der Waals surface area contributed by atoms with E-state index in [2.05, 4.69) is 26.3 Å². The van der Waals surface area contributed by atoms with Crippen LogP contribution in [0.2, 0.25) is 5.02 Å². The molecule has 0 bridgehead atoms. The van der Waals surface area contributed by atoms with Gasteiger partial charge in [0, 0.05) is 43.3 Å². The van der Waals surface area contributed by atoms with Crippen LogP contribution in [0.5, 0.6) is 5.88 Å². The van der Waals surface area contributed by atoms with Gasteiger partial charge in [-0.2, -0.15) is 18.4 Å². The summed E-state index contributed by atoms with van der Waals surface area (Å²) in [5.74, 6) is 0.643. The highest BCUT2D eigenvalue weighted by atomic mass is 35.5. The summed E-state index contributed by atoms with van der Waals surface area (Å²) in [6.45, 7) is 0.762. The lowest BCUT2D eigenvalue weighted by atomic mass is 9.83. The van der Waals surface area contributed by atoms with Gasteiger partial charge in [0.2, 0.25) is 5.88 Å². The monoisotopic (exact) mass is 553 g/mol. The van der Waals surface area contributed by atoms with E-state index in [9.17, 15) is 23.5 Å². The Balaban J connectivity index is 1.34. The van der Waals surface area contributed by atoms with Crippen LogP contribution in [-0.4, -0.2) is 64.7 Å². The largest absolute Gasteiger partial charge is 0.475 e. The van der Waals surface area contributed by atoms with E-state index in [4.69, 9.17) is 21.1 Å². The number of aliphatic hydroxyl groups excluding tert-OH is 1. The molecule has 0 aromatic carbocycles. The number of ether oxygens (including phenoxy) is 2. The highest BCUT2D eigenvalue weighted by molar-refractivity contribution is 6.33. The Morgan fingerprint density at radius 1 is 1.21 bits per heavy atom. The number of nitrogens with one attached hydrogen (secondary N) is 1. The highest BCUT2D eigenvalue weighted by Gasteiger charge is 2.38. The maximum Gasteiger partial charge on any atom is 0.415 e. The number of aromatic nitrogens is 3. The third-order valence-electron chi connectivity index (χ3n) is 7.31. The molecule has 1 aliphatic carbocycles. The molecular formula is C26H31ClF3N5O3. The van der Waals surface area contributed by atoms with Gasteiger partial charge in [-0.25, -0.2) is 4.98 Å². The molecule has 8 nitrogen and oxygen atoms in total. The van der Waals surface area contributed by atoms with Gasteiger partial charge in [0.1, 0.15) is 6.61 Å². The predicted octanol–water partition coefficient (Wildman–Crippen LogP) is 4.51. The lowest BCUT2D eigenvalue weighted by molar-refractivity contribution is -0.202. The van der Waals surface area contributed by atoms with Crippen LogP contribution >= 0.6 is 11.6 Å². The maximum absolute atomic E-state index is 12.5. The lowest BCUT2D eigenvalue weighted by Gasteiger charge is -2.30. The third kappa shape index (κ3) is 7.53. The molecule has 2 fully saturated rings. The first-order valence-corrected chi connectivity index (χ1v) is 13.1. The SMILES string of the molecule is N#CC1(COc2cncc(-c3cc(CC4CCC(NC[C@H](O)C(F)(F)F)CC4)ncc3Cl)n2)CCOCC1. The smallest absolute Gasteiger partial charge is 0.415 e. The maximum atomic E-state index is 12.5. The molecule has 1 aliphatic heterocycles. The lowest BCUT2D eigenvalue weighted by Crippen LogP contribution is -2.43. The number of aliphatic hydroxyl groups is 1. The Morgan fingerprint density at radius 2 is 1.95 bits per heavy atom. The van der Waals surface area contributed by atoms with Gasteiger partial charge in [-0.1, -0.05) is 11.6 Å². The third-order valence-corrected chi connectivity index (χ3v) is 7.61. The number of nitrogens with zero attached hydrogens (tertiary/aromatic N) is 4. The van der Waals surface area contributed by atoms with Crippen molar-refractivity contribution < 1.29 is 27.8 Å². The van der Waals surface area contributed by atoms with Crippen molar-refractivity contribution in [3.05, 3.63) is 35.4 Å². The fraction of sp³-hybridized carbons (Fsp3) is 0.615. The van der Waals surface area contributed by atoms with Crippen molar-refractivity contribution in [3.8, 4) is 23.2 Å². The molecule has 3 heterocycles. The van der Waals surface area contributed by atoms with Crippen LogP contribution < -0.4 is 10.1 Å². The number of halogens is 4. The molecule has 2 aliphatic rings. The van der Waals surface area contributed by atoms with E-state index in [0.717, 1.165) is 31.4 Å². The number of nitriles is 1. The van der Waals surface area contributed by atoms with Crippen LogP contribution in [0.4, 0.5) is 13.2 Å². The zero-order valence-corrected chi connectivity index (χ0v) is 21.6. The summed E-state index contributed by atoms with van der Waals surface area (Å²) in [6, 6.07) is 4.21. The van der Waals surface area contributed by atoms with E-state index in [1.54, 1.807) is 12.4 Å². The van der Waals surface area contributed by atoms with Crippen LogP contribution in [0.25, 0.3) is 11.3 Å². The summed E-state index contributed by atoms with van der Waals surface area (Å²) in [7, 11) is 0. The predicted molar refractivity (Wildman–Crippen MR) is 133 cm³/mol. The Hall–Kier alpha value is -2.52. The molecule has 38 heavy (non-hydrogen) atoms. The molecule has 12 heteroatoms. The van der Waals surface area contributed by atoms with Crippen LogP contribution in [0.1, 0.15) is 44.2 Å². The molecular weight excluding hydrogens is 523 g/mol. The summed E-state index contributed by atoms with van der Waals surface area (Å²) in [5.41, 5.74) is 1.44. The first kappa shape index (κ1) is 28.5. The molecule has 0 amide bonds. The number of rotatable bonds is 9. The van der Waals surface area contributed by atoms with Crippen LogP contribution in [0, 0.1) is 22.7 Å². The summed E-state index contributed by atoms with van der Waals surface area (Å²) in [5, 5.41) is 22.1. The fourth-order valence-corrected chi connectivity index (χ4v) is 5.06. The van der Waals surface area contributed by atoms with E-state index >= 15 is 0 Å². The van der Waals surface area contributed by atoms with E-state index in [0.29, 0.717) is 60.6 Å². The average molecular weight is 554 g/mol. The van der Waals surface area contributed by atoms with Crippen molar-refractivity contribution in [2.45, 2.75) is 63.3 Å². The van der Waals surface area contributed by atoms with E-state index in [1.165, 1.54) is 6.20 Å². The molecule has 2 aromatic heterocycles. The molecule has 2 aromatic rings. The molecule has 1 saturated carbocycles. The second kappa shape index (κ2) is 12.6.